The fraction of sp³-hybridized carbons (Fsp3) is 0.125. The van der Waals surface area contributed by atoms with E-state index in [0.29, 0.717) is 40.3 Å². The second-order valence-corrected chi connectivity index (χ2v) is 7.52. The van der Waals surface area contributed by atoms with Crippen LogP contribution in [-0.4, -0.2) is 30.2 Å². The summed E-state index contributed by atoms with van der Waals surface area (Å²) >= 11 is 5.88. The summed E-state index contributed by atoms with van der Waals surface area (Å²) < 4.78 is 10.8. The Balaban J connectivity index is 1.45. The lowest BCUT2D eigenvalue weighted by Gasteiger charge is -2.13. The molecular weight excluding hydrogens is 442 g/mol. The number of nitrogens with one attached hydrogen (secondary N) is 3. The number of carbonyl (C=O) groups is 1. The van der Waals surface area contributed by atoms with Gasteiger partial charge in [-0.3, -0.25) is 0 Å². The Morgan fingerprint density at radius 3 is 2.39 bits per heavy atom. The molecule has 0 saturated heterocycles. The molecule has 168 valence electrons. The van der Waals surface area contributed by atoms with Gasteiger partial charge in [-0.2, -0.15) is 0 Å². The monoisotopic (exact) mass is 463 g/mol. The van der Waals surface area contributed by atoms with Gasteiger partial charge in [0.25, 0.3) is 0 Å². The number of nitrogens with zero attached hydrogens (tertiary/aromatic N) is 2. The van der Waals surface area contributed by atoms with E-state index in [9.17, 15) is 4.79 Å². The number of fused-ring (bicyclic) bond motifs is 1. The first-order valence-corrected chi connectivity index (χ1v) is 10.5. The van der Waals surface area contributed by atoms with Crippen molar-refractivity contribution in [1.29, 1.82) is 0 Å². The van der Waals surface area contributed by atoms with Crippen LogP contribution in [0.25, 0.3) is 10.9 Å². The number of carbonyl (C=O) groups excluding carboxylic acids is 1. The molecule has 2 amide bonds. The van der Waals surface area contributed by atoms with E-state index in [1.165, 1.54) is 6.33 Å². The van der Waals surface area contributed by atoms with Crippen LogP contribution in [0.4, 0.5) is 22.0 Å². The fourth-order valence-electron chi connectivity index (χ4n) is 3.30. The van der Waals surface area contributed by atoms with Crippen LogP contribution in [0.5, 0.6) is 11.5 Å². The molecular formula is C24H22ClN5O3. The molecule has 9 heteroatoms. The van der Waals surface area contributed by atoms with Crippen LogP contribution in [0.3, 0.4) is 0 Å². The second kappa shape index (κ2) is 10.1. The highest BCUT2D eigenvalue weighted by Crippen LogP contribution is 2.33. The van der Waals surface area contributed by atoms with Gasteiger partial charge in [0, 0.05) is 34.4 Å². The Bertz CT molecular complexity index is 1280. The summed E-state index contributed by atoms with van der Waals surface area (Å²) in [6.45, 7) is 0.495. The maximum atomic E-state index is 12.3. The second-order valence-electron chi connectivity index (χ2n) is 7.09. The average Bonchev–Trinajstić information content (AvgIpc) is 2.83. The molecule has 0 bridgehead atoms. The van der Waals surface area contributed by atoms with Gasteiger partial charge in [-0.1, -0.05) is 23.7 Å². The number of aromatic nitrogens is 2. The number of methoxy groups -OCH3 is 2. The number of anilines is 3. The Hall–Kier alpha value is -4.04. The van der Waals surface area contributed by atoms with E-state index in [2.05, 4.69) is 25.9 Å². The minimum Gasteiger partial charge on any atom is -0.493 e. The number of urea groups is 1. The molecule has 0 unspecified atom stereocenters. The number of halogens is 1. The normalized spacial score (nSPS) is 10.5. The molecule has 3 N–H and O–H groups in total. The Morgan fingerprint density at radius 1 is 0.909 bits per heavy atom. The number of benzene rings is 3. The standard InChI is InChI=1S/C24H22ClN5O3/c1-32-21-11-19-20(12-22(21)33-2)27-14-28-23(19)26-13-15-4-3-5-18(10-15)30-24(31)29-17-8-6-16(25)7-9-17/h3-12,14H,13H2,1-2H3,(H,26,27,28)(H2,29,30,31). The first-order valence-electron chi connectivity index (χ1n) is 10.1. The summed E-state index contributed by atoms with van der Waals surface area (Å²) in [6.07, 6.45) is 1.50. The molecule has 33 heavy (non-hydrogen) atoms. The predicted molar refractivity (Wildman–Crippen MR) is 131 cm³/mol. The van der Waals surface area contributed by atoms with Gasteiger partial charge in [0.2, 0.25) is 0 Å². The van der Waals surface area contributed by atoms with Crippen molar-refractivity contribution in [2.24, 2.45) is 0 Å². The van der Waals surface area contributed by atoms with Crippen molar-refractivity contribution in [2.75, 3.05) is 30.2 Å². The molecule has 0 aliphatic heterocycles. The summed E-state index contributed by atoms with van der Waals surface area (Å²) in [5.41, 5.74) is 3.02. The third kappa shape index (κ3) is 5.42. The highest BCUT2D eigenvalue weighted by atomic mass is 35.5. The maximum absolute atomic E-state index is 12.3. The molecule has 0 saturated carbocycles. The molecule has 4 aromatic rings. The van der Waals surface area contributed by atoms with Crippen LogP contribution in [-0.2, 0) is 6.54 Å². The predicted octanol–water partition coefficient (Wildman–Crippen LogP) is 5.56. The zero-order chi connectivity index (χ0) is 23.2. The van der Waals surface area contributed by atoms with E-state index in [4.69, 9.17) is 21.1 Å². The van der Waals surface area contributed by atoms with Crippen LogP contribution in [0.2, 0.25) is 5.02 Å². The van der Waals surface area contributed by atoms with Crippen LogP contribution < -0.4 is 25.4 Å². The first kappa shape index (κ1) is 22.2. The Morgan fingerprint density at radius 2 is 1.64 bits per heavy atom. The summed E-state index contributed by atoms with van der Waals surface area (Å²) in [4.78, 5) is 21.0. The fourth-order valence-corrected chi connectivity index (χ4v) is 3.42. The van der Waals surface area contributed by atoms with Crippen LogP contribution >= 0.6 is 11.6 Å². The topological polar surface area (TPSA) is 97.4 Å². The number of ether oxygens (including phenoxy) is 2. The minimum atomic E-state index is -0.342. The van der Waals surface area contributed by atoms with Crippen molar-refractivity contribution in [3.8, 4) is 11.5 Å². The molecule has 4 rings (SSSR count). The number of rotatable bonds is 7. The van der Waals surface area contributed by atoms with E-state index in [1.54, 1.807) is 38.5 Å². The van der Waals surface area contributed by atoms with Crippen LogP contribution in [0.1, 0.15) is 5.56 Å². The molecule has 0 aliphatic rings. The van der Waals surface area contributed by atoms with Gasteiger partial charge >= 0.3 is 6.03 Å². The van der Waals surface area contributed by atoms with E-state index in [-0.39, 0.29) is 6.03 Å². The summed E-state index contributed by atoms with van der Waals surface area (Å²) in [7, 11) is 3.17. The lowest BCUT2D eigenvalue weighted by molar-refractivity contribution is 0.262. The molecule has 8 nitrogen and oxygen atoms in total. The van der Waals surface area contributed by atoms with Crippen molar-refractivity contribution in [3.63, 3.8) is 0 Å². The molecule has 0 spiro atoms. The molecule has 0 radical (unpaired) electrons. The summed E-state index contributed by atoms with van der Waals surface area (Å²) in [5.74, 6) is 1.87. The largest absolute Gasteiger partial charge is 0.493 e. The van der Waals surface area contributed by atoms with E-state index >= 15 is 0 Å². The van der Waals surface area contributed by atoms with E-state index in [1.807, 2.05) is 36.4 Å². The zero-order valence-electron chi connectivity index (χ0n) is 18.1. The Kier molecular flexibility index (Phi) is 6.75. The smallest absolute Gasteiger partial charge is 0.323 e. The third-order valence-electron chi connectivity index (χ3n) is 4.89. The molecule has 0 atom stereocenters. The zero-order valence-corrected chi connectivity index (χ0v) is 18.8. The lowest BCUT2D eigenvalue weighted by Crippen LogP contribution is -2.19. The van der Waals surface area contributed by atoms with E-state index in [0.717, 1.165) is 16.5 Å². The van der Waals surface area contributed by atoms with Crippen molar-refractivity contribution >= 4 is 45.7 Å². The van der Waals surface area contributed by atoms with Crippen molar-refractivity contribution in [3.05, 3.63) is 77.6 Å². The third-order valence-corrected chi connectivity index (χ3v) is 5.14. The number of amides is 2. The van der Waals surface area contributed by atoms with Crippen LogP contribution in [0.15, 0.2) is 67.0 Å². The molecule has 0 aliphatic carbocycles. The minimum absolute atomic E-state index is 0.342. The van der Waals surface area contributed by atoms with Gasteiger partial charge in [-0.25, -0.2) is 14.8 Å². The number of hydrogen-bond donors (Lipinski definition) is 3. The van der Waals surface area contributed by atoms with Gasteiger partial charge in [0.05, 0.1) is 19.7 Å². The SMILES string of the molecule is COc1cc2ncnc(NCc3cccc(NC(=O)Nc4ccc(Cl)cc4)c3)c2cc1OC. The number of hydrogen-bond acceptors (Lipinski definition) is 6. The van der Waals surface area contributed by atoms with E-state index < -0.39 is 0 Å². The van der Waals surface area contributed by atoms with Gasteiger partial charge in [-0.05, 0) is 48.0 Å². The highest BCUT2D eigenvalue weighted by molar-refractivity contribution is 6.30. The van der Waals surface area contributed by atoms with Gasteiger partial charge < -0.3 is 25.4 Å². The maximum Gasteiger partial charge on any atom is 0.323 e. The van der Waals surface area contributed by atoms with Crippen molar-refractivity contribution < 1.29 is 14.3 Å². The molecule has 1 aromatic heterocycles. The Labute approximate surface area is 195 Å². The van der Waals surface area contributed by atoms with Gasteiger partial charge in [0.1, 0.15) is 12.1 Å². The average molecular weight is 464 g/mol. The molecule has 0 fully saturated rings. The molecule has 3 aromatic carbocycles. The summed E-state index contributed by atoms with van der Waals surface area (Å²) in [5, 5.41) is 10.4. The van der Waals surface area contributed by atoms with Crippen LogP contribution in [0, 0.1) is 0 Å². The first-order chi connectivity index (χ1) is 16.1. The van der Waals surface area contributed by atoms with Gasteiger partial charge in [0.15, 0.2) is 11.5 Å². The summed E-state index contributed by atoms with van der Waals surface area (Å²) in [6, 6.07) is 17.8. The van der Waals surface area contributed by atoms with Gasteiger partial charge in [-0.15, -0.1) is 0 Å². The van der Waals surface area contributed by atoms with Crippen molar-refractivity contribution in [2.45, 2.75) is 6.54 Å². The lowest BCUT2D eigenvalue weighted by atomic mass is 10.1. The highest BCUT2D eigenvalue weighted by Gasteiger charge is 2.11. The quantitative estimate of drug-likeness (QED) is 0.332. The molecule has 1 heterocycles. The van der Waals surface area contributed by atoms with Crippen molar-refractivity contribution in [1.82, 2.24) is 9.97 Å².